The van der Waals surface area contributed by atoms with E-state index in [2.05, 4.69) is 0 Å². The Morgan fingerprint density at radius 2 is 2.08 bits per heavy atom. The van der Waals surface area contributed by atoms with Crippen LogP contribution in [0.25, 0.3) is 0 Å². The average molecular weight is 346 g/mol. The molecule has 2 N–H and O–H groups in total. The van der Waals surface area contributed by atoms with Crippen LogP contribution in [0.4, 0.5) is 0 Å². The highest BCUT2D eigenvalue weighted by molar-refractivity contribution is 5.88. The molecule has 0 unspecified atom stereocenters. The molecule has 0 aliphatic heterocycles. The van der Waals surface area contributed by atoms with Gasteiger partial charge in [0.1, 0.15) is 5.78 Å². The number of Topliss-reactive ketones (excluding diaryl/α,β-unsaturated/α-hetero) is 1. The molecule has 4 atom stereocenters. The molecular formula is C20H26O5. The van der Waals surface area contributed by atoms with Gasteiger partial charge in [-0.3, -0.25) is 9.59 Å². The molecule has 0 bridgehead atoms. The summed E-state index contributed by atoms with van der Waals surface area (Å²) in [6.07, 6.45) is 3.13. The minimum Gasteiger partial charge on any atom is -0.466 e. The predicted octanol–water partition coefficient (Wildman–Crippen LogP) is 2.06. The van der Waals surface area contributed by atoms with E-state index in [0.29, 0.717) is 6.42 Å². The molecule has 5 heteroatoms. The molecule has 1 fully saturated rings. The lowest BCUT2D eigenvalue weighted by molar-refractivity contribution is -0.146. The Kier molecular flexibility index (Phi) is 7.34. The van der Waals surface area contributed by atoms with Gasteiger partial charge in [-0.05, 0) is 25.3 Å². The van der Waals surface area contributed by atoms with E-state index in [1.54, 1.807) is 19.1 Å². The monoisotopic (exact) mass is 346 g/mol. The molecule has 0 amide bonds. The Labute approximate surface area is 148 Å². The number of aryl methyl sites for hydroxylation is 1. The van der Waals surface area contributed by atoms with E-state index in [-0.39, 0.29) is 25.2 Å². The zero-order valence-electron chi connectivity index (χ0n) is 14.5. The van der Waals surface area contributed by atoms with Crippen molar-refractivity contribution in [2.24, 2.45) is 11.8 Å². The van der Waals surface area contributed by atoms with Crippen molar-refractivity contribution in [3.63, 3.8) is 0 Å². The summed E-state index contributed by atoms with van der Waals surface area (Å²) in [6, 6.07) is 9.87. The summed E-state index contributed by atoms with van der Waals surface area (Å²) in [4.78, 5) is 23.7. The lowest BCUT2D eigenvalue weighted by atomic mass is 9.90. The van der Waals surface area contributed by atoms with Gasteiger partial charge in [-0.2, -0.15) is 0 Å². The van der Waals surface area contributed by atoms with Crippen LogP contribution in [0.15, 0.2) is 42.5 Å². The van der Waals surface area contributed by atoms with Gasteiger partial charge in [0.2, 0.25) is 0 Å². The van der Waals surface area contributed by atoms with E-state index in [4.69, 9.17) is 4.74 Å². The van der Waals surface area contributed by atoms with E-state index in [1.807, 2.05) is 30.3 Å². The third-order valence-electron chi connectivity index (χ3n) is 4.55. The van der Waals surface area contributed by atoms with E-state index in [9.17, 15) is 19.8 Å². The maximum absolute atomic E-state index is 12.0. The molecule has 0 aromatic heterocycles. The Hall–Kier alpha value is -1.98. The zero-order valence-corrected chi connectivity index (χ0v) is 14.5. The van der Waals surface area contributed by atoms with Crippen LogP contribution in [-0.4, -0.2) is 40.8 Å². The molecule has 2 rings (SSSR count). The second-order valence-electron chi connectivity index (χ2n) is 6.41. The number of ether oxygens (including phenoxy) is 1. The largest absolute Gasteiger partial charge is 0.466 e. The molecular weight excluding hydrogens is 320 g/mol. The van der Waals surface area contributed by atoms with E-state index >= 15 is 0 Å². The van der Waals surface area contributed by atoms with Gasteiger partial charge in [0.25, 0.3) is 0 Å². The summed E-state index contributed by atoms with van der Waals surface area (Å²) in [5, 5.41) is 20.2. The van der Waals surface area contributed by atoms with Crippen molar-refractivity contribution in [1.29, 1.82) is 0 Å². The summed E-state index contributed by atoms with van der Waals surface area (Å²) in [7, 11) is 0. The first kappa shape index (κ1) is 19.3. The van der Waals surface area contributed by atoms with Gasteiger partial charge in [-0.1, -0.05) is 42.5 Å². The fourth-order valence-corrected chi connectivity index (χ4v) is 3.20. The van der Waals surface area contributed by atoms with Gasteiger partial charge in [-0.25, -0.2) is 0 Å². The Morgan fingerprint density at radius 1 is 1.36 bits per heavy atom. The van der Waals surface area contributed by atoms with Crippen LogP contribution in [0, 0.1) is 11.8 Å². The second kappa shape index (κ2) is 9.49. The molecule has 5 nitrogen and oxygen atoms in total. The highest BCUT2D eigenvalue weighted by atomic mass is 16.5. The van der Waals surface area contributed by atoms with Crippen molar-refractivity contribution in [2.45, 2.75) is 44.8 Å². The summed E-state index contributed by atoms with van der Waals surface area (Å²) in [5.74, 6) is -1.60. The molecule has 136 valence electrons. The van der Waals surface area contributed by atoms with Crippen LogP contribution in [-0.2, 0) is 20.7 Å². The van der Waals surface area contributed by atoms with Crippen LogP contribution in [0.2, 0.25) is 0 Å². The Bertz CT molecular complexity index is 595. The lowest BCUT2D eigenvalue weighted by Crippen LogP contribution is -2.23. The molecule has 0 spiro atoms. The maximum Gasteiger partial charge on any atom is 0.306 e. The van der Waals surface area contributed by atoms with Crippen LogP contribution >= 0.6 is 0 Å². The number of esters is 1. The van der Waals surface area contributed by atoms with Gasteiger partial charge in [0.05, 0.1) is 25.2 Å². The van der Waals surface area contributed by atoms with Gasteiger partial charge < -0.3 is 14.9 Å². The topological polar surface area (TPSA) is 83.8 Å². The number of aliphatic hydroxyl groups excluding tert-OH is 2. The van der Waals surface area contributed by atoms with Gasteiger partial charge >= 0.3 is 5.97 Å². The minimum absolute atomic E-state index is 0.0289. The first-order chi connectivity index (χ1) is 12.0. The number of rotatable bonds is 8. The molecule has 0 radical (unpaired) electrons. The molecule has 1 aliphatic carbocycles. The molecule has 1 aromatic rings. The number of carbonyl (C=O) groups excluding carboxylic acids is 2. The van der Waals surface area contributed by atoms with Crippen LogP contribution in [0.5, 0.6) is 0 Å². The standard InChI is InChI=1S/C20H26O5/c1-2-25-20(24)12-17-16(18(22)13-19(17)23)11-10-15(21)9-8-14-6-4-3-5-7-14/h3-7,10-11,15-18,21-22H,2,8-9,12-13H2,1H3/t15-,16+,17+,18+/m0/s1. The first-order valence-corrected chi connectivity index (χ1v) is 8.78. The summed E-state index contributed by atoms with van der Waals surface area (Å²) in [5.41, 5.74) is 1.14. The third kappa shape index (κ3) is 5.80. The third-order valence-corrected chi connectivity index (χ3v) is 4.55. The summed E-state index contributed by atoms with van der Waals surface area (Å²) < 4.78 is 4.90. The van der Waals surface area contributed by atoms with Crippen molar-refractivity contribution in [2.75, 3.05) is 6.61 Å². The van der Waals surface area contributed by atoms with Crippen LogP contribution in [0.3, 0.4) is 0 Å². The predicted molar refractivity (Wildman–Crippen MR) is 93.8 cm³/mol. The van der Waals surface area contributed by atoms with Crippen molar-refractivity contribution in [1.82, 2.24) is 0 Å². The lowest BCUT2D eigenvalue weighted by Gasteiger charge is -2.17. The SMILES string of the molecule is CCOC(=O)C[C@H]1C(=O)C[C@@H](O)[C@@H]1C=C[C@@H](O)CCc1ccccc1. The van der Waals surface area contributed by atoms with Gasteiger partial charge in [-0.15, -0.1) is 0 Å². The van der Waals surface area contributed by atoms with Crippen molar-refractivity contribution < 1.29 is 24.5 Å². The second-order valence-corrected chi connectivity index (χ2v) is 6.41. The summed E-state index contributed by atoms with van der Waals surface area (Å²) >= 11 is 0. The smallest absolute Gasteiger partial charge is 0.306 e. The Morgan fingerprint density at radius 3 is 2.76 bits per heavy atom. The average Bonchev–Trinajstić information content (AvgIpc) is 2.85. The maximum atomic E-state index is 12.0. The number of carbonyl (C=O) groups is 2. The van der Waals surface area contributed by atoms with Crippen molar-refractivity contribution in [3.8, 4) is 0 Å². The molecule has 1 aromatic carbocycles. The number of ketones is 1. The van der Waals surface area contributed by atoms with Crippen molar-refractivity contribution in [3.05, 3.63) is 48.0 Å². The number of aliphatic hydroxyl groups is 2. The summed E-state index contributed by atoms with van der Waals surface area (Å²) in [6.45, 7) is 1.98. The van der Waals surface area contributed by atoms with Gasteiger partial charge in [0.15, 0.2) is 0 Å². The molecule has 0 saturated heterocycles. The fraction of sp³-hybridized carbons (Fsp3) is 0.500. The van der Waals surface area contributed by atoms with E-state index in [0.717, 1.165) is 12.0 Å². The number of benzene rings is 1. The minimum atomic E-state index is -0.815. The van der Waals surface area contributed by atoms with E-state index in [1.165, 1.54) is 0 Å². The molecule has 25 heavy (non-hydrogen) atoms. The molecule has 0 heterocycles. The quantitative estimate of drug-likeness (QED) is 0.556. The molecule has 1 saturated carbocycles. The first-order valence-electron chi connectivity index (χ1n) is 8.78. The highest BCUT2D eigenvalue weighted by Crippen LogP contribution is 2.33. The number of hydrogen-bond acceptors (Lipinski definition) is 5. The van der Waals surface area contributed by atoms with Crippen LogP contribution in [0.1, 0.15) is 31.7 Å². The van der Waals surface area contributed by atoms with E-state index < -0.39 is 30.0 Å². The Balaban J connectivity index is 1.91. The van der Waals surface area contributed by atoms with Crippen molar-refractivity contribution >= 4 is 11.8 Å². The zero-order chi connectivity index (χ0) is 18.2. The van der Waals surface area contributed by atoms with Gasteiger partial charge in [0, 0.05) is 18.3 Å². The fourth-order valence-electron chi connectivity index (χ4n) is 3.20. The normalized spacial score (nSPS) is 24.6. The van der Waals surface area contributed by atoms with Crippen LogP contribution < -0.4 is 0 Å². The molecule has 1 aliphatic rings. The highest BCUT2D eigenvalue weighted by Gasteiger charge is 2.41. The number of hydrogen-bond donors (Lipinski definition) is 2.